The highest BCUT2D eigenvalue weighted by Crippen LogP contribution is 2.30. The number of benzene rings is 2. The van der Waals surface area contributed by atoms with Gasteiger partial charge >= 0.3 is 5.97 Å². The smallest absolute Gasteiger partial charge is 0.326 e. The predicted octanol–water partition coefficient (Wildman–Crippen LogP) is 6.55. The van der Waals surface area contributed by atoms with Gasteiger partial charge in [0.05, 0.1) is 0 Å². The van der Waals surface area contributed by atoms with Gasteiger partial charge in [0, 0.05) is 23.4 Å². The van der Waals surface area contributed by atoms with Crippen LogP contribution in [0.5, 0.6) is 0 Å². The SMILES string of the molecule is Cc1ccccc1-c1cc(CN(C)CCC2CCCCC2)ccc1C(=O)N[C@H](Cc1cccs1)C(=O)O. The van der Waals surface area contributed by atoms with Gasteiger partial charge in [0.1, 0.15) is 6.04 Å². The maximum absolute atomic E-state index is 13.4. The Morgan fingerprint density at radius 3 is 2.54 bits per heavy atom. The number of aliphatic carboxylic acids is 1. The number of aryl methyl sites for hydroxylation is 1. The van der Waals surface area contributed by atoms with Crippen molar-refractivity contribution in [3.8, 4) is 11.1 Å². The number of nitrogens with zero attached hydrogens (tertiary/aromatic N) is 1. The average Bonchev–Trinajstić information content (AvgIpc) is 3.41. The zero-order chi connectivity index (χ0) is 26.2. The lowest BCUT2D eigenvalue weighted by Gasteiger charge is -2.25. The van der Waals surface area contributed by atoms with E-state index in [0.29, 0.717) is 5.56 Å². The van der Waals surface area contributed by atoms with Gasteiger partial charge in [0.25, 0.3) is 5.91 Å². The van der Waals surface area contributed by atoms with Crippen LogP contribution in [0.2, 0.25) is 0 Å². The Bertz CT molecular complexity index is 1180. The van der Waals surface area contributed by atoms with E-state index in [4.69, 9.17) is 0 Å². The van der Waals surface area contributed by atoms with Gasteiger partial charge in [-0.15, -0.1) is 11.3 Å². The maximum Gasteiger partial charge on any atom is 0.326 e. The van der Waals surface area contributed by atoms with Crippen LogP contribution in [0.15, 0.2) is 60.0 Å². The molecule has 1 aliphatic rings. The first-order chi connectivity index (χ1) is 17.9. The zero-order valence-corrected chi connectivity index (χ0v) is 22.7. The van der Waals surface area contributed by atoms with E-state index in [2.05, 4.69) is 23.3 Å². The van der Waals surface area contributed by atoms with Gasteiger partial charge in [0.15, 0.2) is 0 Å². The van der Waals surface area contributed by atoms with Gasteiger partial charge < -0.3 is 15.3 Å². The Kier molecular flexibility index (Phi) is 9.53. The summed E-state index contributed by atoms with van der Waals surface area (Å²) in [6.45, 7) is 3.91. The lowest BCUT2D eigenvalue weighted by Crippen LogP contribution is -2.42. The minimum atomic E-state index is -1.03. The summed E-state index contributed by atoms with van der Waals surface area (Å²) in [5.41, 5.74) is 4.56. The van der Waals surface area contributed by atoms with Crippen LogP contribution in [0.25, 0.3) is 11.1 Å². The molecule has 1 heterocycles. The van der Waals surface area contributed by atoms with Crippen molar-refractivity contribution in [2.45, 2.75) is 64.5 Å². The Balaban J connectivity index is 1.53. The van der Waals surface area contributed by atoms with Crippen molar-refractivity contribution in [2.75, 3.05) is 13.6 Å². The first-order valence-electron chi connectivity index (χ1n) is 13.3. The standard InChI is InChI=1S/C31H38N2O3S/c1-22-9-6-7-13-26(22)28-19-24(21-33(2)17-16-23-10-4-3-5-11-23)14-15-27(28)30(34)32-29(31(35)36)20-25-12-8-18-37-25/h6-9,12-15,18-19,23,29H,3-5,10-11,16-17,20-21H2,1-2H3,(H,32,34)(H,35,36)/t29-/m1/s1. The molecule has 196 valence electrons. The molecule has 5 nitrogen and oxygen atoms in total. The number of amides is 1. The quantitative estimate of drug-likeness (QED) is 0.302. The third-order valence-electron chi connectivity index (χ3n) is 7.45. The van der Waals surface area contributed by atoms with E-state index in [1.54, 1.807) is 0 Å². The minimum Gasteiger partial charge on any atom is -0.480 e. The predicted molar refractivity (Wildman–Crippen MR) is 151 cm³/mol. The van der Waals surface area contributed by atoms with Crippen LogP contribution >= 0.6 is 11.3 Å². The molecule has 0 aliphatic heterocycles. The molecule has 1 saturated carbocycles. The number of rotatable bonds is 11. The highest BCUT2D eigenvalue weighted by atomic mass is 32.1. The number of thiophene rings is 1. The molecule has 2 N–H and O–H groups in total. The summed E-state index contributed by atoms with van der Waals surface area (Å²) in [5.74, 6) is -0.545. The second-order valence-corrected chi connectivity index (χ2v) is 11.4. The molecule has 0 radical (unpaired) electrons. The van der Waals surface area contributed by atoms with Crippen LogP contribution in [0.4, 0.5) is 0 Å². The lowest BCUT2D eigenvalue weighted by atomic mass is 9.87. The lowest BCUT2D eigenvalue weighted by molar-refractivity contribution is -0.139. The number of carbonyl (C=O) groups is 2. The molecule has 0 spiro atoms. The molecule has 1 atom stereocenters. The van der Waals surface area contributed by atoms with E-state index < -0.39 is 12.0 Å². The Morgan fingerprint density at radius 1 is 1.05 bits per heavy atom. The van der Waals surface area contributed by atoms with Gasteiger partial charge in [0.2, 0.25) is 0 Å². The van der Waals surface area contributed by atoms with Crippen molar-refractivity contribution in [1.82, 2.24) is 10.2 Å². The number of carbonyl (C=O) groups excluding carboxylic acids is 1. The van der Waals surface area contributed by atoms with Crippen molar-refractivity contribution < 1.29 is 14.7 Å². The number of hydrogen-bond donors (Lipinski definition) is 2. The molecule has 0 bridgehead atoms. The van der Waals surface area contributed by atoms with E-state index in [0.717, 1.165) is 46.1 Å². The van der Waals surface area contributed by atoms with Crippen LogP contribution in [-0.4, -0.2) is 41.5 Å². The van der Waals surface area contributed by atoms with Gasteiger partial charge in [-0.2, -0.15) is 0 Å². The molecule has 0 unspecified atom stereocenters. The second kappa shape index (κ2) is 13.0. The molecule has 1 fully saturated rings. The monoisotopic (exact) mass is 518 g/mol. The topological polar surface area (TPSA) is 69.6 Å². The first-order valence-corrected chi connectivity index (χ1v) is 14.2. The fourth-order valence-corrected chi connectivity index (χ4v) is 6.07. The molecule has 2 aromatic carbocycles. The number of carboxylic acid groups (broad SMARTS) is 1. The van der Waals surface area contributed by atoms with Gasteiger partial charge in [-0.1, -0.05) is 68.5 Å². The van der Waals surface area contributed by atoms with Gasteiger partial charge in [-0.3, -0.25) is 4.79 Å². The number of nitrogens with one attached hydrogen (secondary N) is 1. The number of carboxylic acids is 1. The van der Waals surface area contributed by atoms with Crippen molar-refractivity contribution in [1.29, 1.82) is 0 Å². The molecule has 1 aromatic heterocycles. The third kappa shape index (κ3) is 7.53. The first kappa shape index (κ1) is 27.1. The van der Waals surface area contributed by atoms with Crippen LogP contribution in [0, 0.1) is 12.8 Å². The summed E-state index contributed by atoms with van der Waals surface area (Å²) >= 11 is 1.49. The normalized spacial score (nSPS) is 15.0. The second-order valence-electron chi connectivity index (χ2n) is 10.4. The molecule has 1 aliphatic carbocycles. The highest BCUT2D eigenvalue weighted by Gasteiger charge is 2.24. The Morgan fingerprint density at radius 2 is 1.84 bits per heavy atom. The van der Waals surface area contributed by atoms with Gasteiger partial charge in [-0.05, 0) is 78.7 Å². The Hall–Kier alpha value is -2.96. The van der Waals surface area contributed by atoms with Crippen molar-refractivity contribution in [3.05, 3.63) is 81.5 Å². The van der Waals surface area contributed by atoms with E-state index in [-0.39, 0.29) is 12.3 Å². The van der Waals surface area contributed by atoms with E-state index in [9.17, 15) is 14.7 Å². The fourth-order valence-electron chi connectivity index (χ4n) is 5.32. The summed E-state index contributed by atoms with van der Waals surface area (Å²) in [4.78, 5) is 28.7. The molecule has 6 heteroatoms. The summed E-state index contributed by atoms with van der Waals surface area (Å²) in [6.07, 6.45) is 8.35. The summed E-state index contributed by atoms with van der Waals surface area (Å²) in [6, 6.07) is 16.8. The van der Waals surface area contributed by atoms with Gasteiger partial charge in [-0.25, -0.2) is 4.79 Å². The molecular weight excluding hydrogens is 480 g/mol. The summed E-state index contributed by atoms with van der Waals surface area (Å²) in [7, 11) is 2.17. The van der Waals surface area contributed by atoms with Crippen molar-refractivity contribution >= 4 is 23.2 Å². The van der Waals surface area contributed by atoms with Crippen LogP contribution < -0.4 is 5.32 Å². The van der Waals surface area contributed by atoms with E-state index in [1.165, 1.54) is 49.9 Å². The molecule has 0 saturated heterocycles. The zero-order valence-electron chi connectivity index (χ0n) is 21.9. The van der Waals surface area contributed by atoms with Crippen LogP contribution in [0.3, 0.4) is 0 Å². The largest absolute Gasteiger partial charge is 0.480 e. The van der Waals surface area contributed by atoms with E-state index >= 15 is 0 Å². The summed E-state index contributed by atoms with van der Waals surface area (Å²) < 4.78 is 0. The summed E-state index contributed by atoms with van der Waals surface area (Å²) in [5, 5.41) is 14.5. The minimum absolute atomic E-state index is 0.266. The number of hydrogen-bond acceptors (Lipinski definition) is 4. The van der Waals surface area contributed by atoms with Crippen molar-refractivity contribution in [3.63, 3.8) is 0 Å². The van der Waals surface area contributed by atoms with Crippen molar-refractivity contribution in [2.24, 2.45) is 5.92 Å². The average molecular weight is 519 g/mol. The molecular formula is C31H38N2O3S. The van der Waals surface area contributed by atoms with E-state index in [1.807, 2.05) is 60.8 Å². The van der Waals surface area contributed by atoms with Crippen LogP contribution in [0.1, 0.15) is 64.9 Å². The third-order valence-corrected chi connectivity index (χ3v) is 8.35. The highest BCUT2D eigenvalue weighted by molar-refractivity contribution is 7.09. The molecule has 37 heavy (non-hydrogen) atoms. The molecule has 4 rings (SSSR count). The Labute approximate surface area is 224 Å². The molecule has 1 amide bonds. The van der Waals surface area contributed by atoms with Crippen LogP contribution in [-0.2, 0) is 17.8 Å². The maximum atomic E-state index is 13.4. The molecule has 3 aromatic rings. The fraction of sp³-hybridized carbons (Fsp3) is 0.419.